The minimum Gasteiger partial charge on any atom is -0.493 e. The third-order valence-corrected chi connectivity index (χ3v) is 3.60. The Bertz CT molecular complexity index is 470. The molecule has 2 rings (SSSR count). The van der Waals surface area contributed by atoms with Crippen LogP contribution in [0.2, 0.25) is 5.02 Å². The lowest BCUT2D eigenvalue weighted by atomic mass is 10.2. The average Bonchev–Trinajstić information content (AvgIpc) is 2.84. The summed E-state index contributed by atoms with van der Waals surface area (Å²) < 4.78 is 5.72. The predicted molar refractivity (Wildman–Crippen MR) is 72.9 cm³/mol. The molecule has 0 aliphatic rings. The van der Waals surface area contributed by atoms with E-state index in [0.29, 0.717) is 18.2 Å². The van der Waals surface area contributed by atoms with Gasteiger partial charge in [0.1, 0.15) is 5.75 Å². The van der Waals surface area contributed by atoms with Gasteiger partial charge in [-0.1, -0.05) is 17.7 Å². The summed E-state index contributed by atoms with van der Waals surface area (Å²) in [6.07, 6.45) is 0.921. The number of thiophene rings is 1. The van der Waals surface area contributed by atoms with Gasteiger partial charge in [-0.3, -0.25) is 0 Å². The van der Waals surface area contributed by atoms with Crippen LogP contribution in [0.25, 0.3) is 0 Å². The summed E-state index contributed by atoms with van der Waals surface area (Å²) in [4.78, 5) is 1.33. The minimum absolute atomic E-state index is 0.439. The second-order valence-electron chi connectivity index (χ2n) is 3.63. The molecule has 90 valence electrons. The molecule has 0 spiro atoms. The molecule has 0 aliphatic carbocycles. The van der Waals surface area contributed by atoms with Gasteiger partial charge in [0.15, 0.2) is 0 Å². The highest BCUT2D eigenvalue weighted by atomic mass is 35.5. The molecule has 0 saturated heterocycles. The normalized spacial score (nSPS) is 10.5. The van der Waals surface area contributed by atoms with Crippen molar-refractivity contribution in [1.29, 1.82) is 0 Å². The summed E-state index contributed by atoms with van der Waals surface area (Å²) in [5, 5.41) is 2.76. The molecule has 1 heterocycles. The van der Waals surface area contributed by atoms with Crippen molar-refractivity contribution in [2.24, 2.45) is 5.73 Å². The molecule has 2 N–H and O–H groups in total. The molecular weight excluding hydrogens is 254 g/mol. The predicted octanol–water partition coefficient (Wildman–Crippen LogP) is 3.48. The number of nitrogens with two attached hydrogens (primary N) is 1. The van der Waals surface area contributed by atoms with Crippen LogP contribution in [0.4, 0.5) is 0 Å². The third kappa shape index (κ3) is 3.46. The number of ether oxygens (including phenoxy) is 1. The Kier molecular flexibility index (Phi) is 4.42. The van der Waals surface area contributed by atoms with Crippen molar-refractivity contribution in [3.8, 4) is 5.75 Å². The van der Waals surface area contributed by atoms with Crippen LogP contribution in [0.15, 0.2) is 35.7 Å². The summed E-state index contributed by atoms with van der Waals surface area (Å²) in [6, 6.07) is 9.70. The van der Waals surface area contributed by atoms with Crippen LogP contribution in [0.3, 0.4) is 0 Å². The summed E-state index contributed by atoms with van der Waals surface area (Å²) in [7, 11) is 0. The maximum atomic E-state index is 5.90. The maximum absolute atomic E-state index is 5.90. The molecule has 2 aromatic rings. The van der Waals surface area contributed by atoms with Crippen molar-refractivity contribution in [3.05, 3.63) is 51.2 Å². The first-order valence-corrected chi connectivity index (χ1v) is 6.69. The molecule has 0 bridgehead atoms. The first-order chi connectivity index (χ1) is 8.29. The second-order valence-corrected chi connectivity index (χ2v) is 5.10. The van der Waals surface area contributed by atoms with Crippen molar-refractivity contribution in [2.75, 3.05) is 6.61 Å². The summed E-state index contributed by atoms with van der Waals surface area (Å²) in [6.45, 7) is 1.10. The van der Waals surface area contributed by atoms with Crippen molar-refractivity contribution in [1.82, 2.24) is 0 Å². The number of hydrogen-bond acceptors (Lipinski definition) is 3. The smallest absolute Gasteiger partial charge is 0.123 e. The molecule has 0 fully saturated rings. The zero-order valence-corrected chi connectivity index (χ0v) is 10.9. The summed E-state index contributed by atoms with van der Waals surface area (Å²) in [5.41, 5.74) is 6.60. The van der Waals surface area contributed by atoms with Gasteiger partial charge < -0.3 is 10.5 Å². The van der Waals surface area contributed by atoms with E-state index in [9.17, 15) is 0 Å². The fourth-order valence-corrected chi connectivity index (χ4v) is 2.45. The van der Waals surface area contributed by atoms with Gasteiger partial charge in [0.25, 0.3) is 0 Å². The third-order valence-electron chi connectivity index (χ3n) is 2.43. The van der Waals surface area contributed by atoms with Gasteiger partial charge in [-0.2, -0.15) is 0 Å². The van der Waals surface area contributed by atoms with Crippen LogP contribution in [0.5, 0.6) is 5.75 Å². The van der Waals surface area contributed by atoms with E-state index in [1.807, 2.05) is 24.3 Å². The first kappa shape index (κ1) is 12.4. The molecule has 0 atom stereocenters. The number of rotatable bonds is 5. The highest BCUT2D eigenvalue weighted by molar-refractivity contribution is 7.09. The van der Waals surface area contributed by atoms with Crippen LogP contribution in [-0.4, -0.2) is 6.61 Å². The van der Waals surface area contributed by atoms with E-state index in [0.717, 1.165) is 17.7 Å². The molecule has 17 heavy (non-hydrogen) atoms. The van der Waals surface area contributed by atoms with Gasteiger partial charge in [0.05, 0.1) is 6.61 Å². The quantitative estimate of drug-likeness (QED) is 0.900. The lowest BCUT2D eigenvalue weighted by molar-refractivity contribution is 0.319. The molecule has 1 aromatic carbocycles. The van der Waals surface area contributed by atoms with Crippen molar-refractivity contribution in [3.63, 3.8) is 0 Å². The Morgan fingerprint density at radius 3 is 2.88 bits per heavy atom. The van der Waals surface area contributed by atoms with Gasteiger partial charge in [-0.05, 0) is 29.6 Å². The number of halogens is 1. The number of benzene rings is 1. The van der Waals surface area contributed by atoms with Crippen LogP contribution >= 0.6 is 22.9 Å². The van der Waals surface area contributed by atoms with E-state index < -0.39 is 0 Å². The fraction of sp³-hybridized carbons (Fsp3) is 0.231. The highest BCUT2D eigenvalue weighted by Gasteiger charge is 2.03. The van der Waals surface area contributed by atoms with E-state index in [1.54, 1.807) is 11.3 Å². The Balaban J connectivity index is 1.94. The van der Waals surface area contributed by atoms with Crippen molar-refractivity contribution >= 4 is 22.9 Å². The molecular formula is C13H14ClNOS. The van der Waals surface area contributed by atoms with E-state index in [-0.39, 0.29) is 0 Å². The lowest BCUT2D eigenvalue weighted by Crippen LogP contribution is -2.05. The largest absolute Gasteiger partial charge is 0.493 e. The van der Waals surface area contributed by atoms with E-state index in [1.165, 1.54) is 4.88 Å². The molecule has 0 saturated carbocycles. The van der Waals surface area contributed by atoms with Crippen LogP contribution in [0, 0.1) is 0 Å². The standard InChI is InChI=1S/C13H14ClNOS/c14-11-3-4-13(10(8-11)9-15)16-6-5-12-2-1-7-17-12/h1-4,7-8H,5-6,9,15H2. The molecule has 4 heteroatoms. The van der Waals surface area contributed by atoms with E-state index >= 15 is 0 Å². The summed E-state index contributed by atoms with van der Waals surface area (Å²) >= 11 is 7.65. The van der Waals surface area contributed by atoms with Gasteiger partial charge in [0.2, 0.25) is 0 Å². The zero-order chi connectivity index (χ0) is 12.1. The molecule has 0 radical (unpaired) electrons. The molecule has 2 nitrogen and oxygen atoms in total. The maximum Gasteiger partial charge on any atom is 0.123 e. The molecule has 0 aliphatic heterocycles. The van der Waals surface area contributed by atoms with Gasteiger partial charge in [-0.25, -0.2) is 0 Å². The Labute approximate surface area is 110 Å². The Morgan fingerprint density at radius 2 is 2.18 bits per heavy atom. The Morgan fingerprint density at radius 1 is 1.29 bits per heavy atom. The monoisotopic (exact) mass is 267 g/mol. The van der Waals surface area contributed by atoms with Crippen LogP contribution in [-0.2, 0) is 13.0 Å². The van der Waals surface area contributed by atoms with Gasteiger partial charge in [-0.15, -0.1) is 11.3 Å². The summed E-state index contributed by atoms with van der Waals surface area (Å²) in [5.74, 6) is 0.827. The highest BCUT2D eigenvalue weighted by Crippen LogP contribution is 2.22. The average molecular weight is 268 g/mol. The first-order valence-electron chi connectivity index (χ1n) is 5.43. The van der Waals surface area contributed by atoms with Gasteiger partial charge in [0, 0.05) is 28.4 Å². The minimum atomic E-state index is 0.439. The fourth-order valence-electron chi connectivity index (χ4n) is 1.56. The Hall–Kier alpha value is -1.03. The molecule has 0 unspecified atom stereocenters. The van der Waals surface area contributed by atoms with Crippen LogP contribution in [0.1, 0.15) is 10.4 Å². The van der Waals surface area contributed by atoms with Crippen LogP contribution < -0.4 is 10.5 Å². The second kappa shape index (κ2) is 6.05. The topological polar surface area (TPSA) is 35.2 Å². The SMILES string of the molecule is NCc1cc(Cl)ccc1OCCc1cccs1. The lowest BCUT2D eigenvalue weighted by Gasteiger charge is -2.10. The van der Waals surface area contributed by atoms with Gasteiger partial charge >= 0.3 is 0 Å². The molecule has 1 aromatic heterocycles. The molecule has 0 amide bonds. The van der Waals surface area contributed by atoms with E-state index in [4.69, 9.17) is 22.1 Å². The van der Waals surface area contributed by atoms with Crippen molar-refractivity contribution in [2.45, 2.75) is 13.0 Å². The zero-order valence-electron chi connectivity index (χ0n) is 9.36. The van der Waals surface area contributed by atoms with Crippen molar-refractivity contribution < 1.29 is 4.74 Å². The number of hydrogen-bond donors (Lipinski definition) is 1. The van der Waals surface area contributed by atoms with E-state index in [2.05, 4.69) is 11.4 Å².